The van der Waals surface area contributed by atoms with E-state index >= 15 is 0 Å². The summed E-state index contributed by atoms with van der Waals surface area (Å²) in [6.07, 6.45) is -0.834. The van der Waals surface area contributed by atoms with Crippen molar-refractivity contribution < 1.29 is 39.6 Å². The molecule has 18 heteroatoms. The van der Waals surface area contributed by atoms with Crippen LogP contribution in [0.15, 0.2) is 36.7 Å². The molecule has 1 aliphatic rings. The van der Waals surface area contributed by atoms with Crippen molar-refractivity contribution in [2.45, 2.75) is 50.1 Å². The number of nitrogens with one attached hydrogen (secondary N) is 6. The van der Waals surface area contributed by atoms with E-state index in [-0.39, 0.29) is 67.9 Å². The molecule has 254 valence electrons. The van der Waals surface area contributed by atoms with Crippen molar-refractivity contribution in [2.75, 3.05) is 44.7 Å². The van der Waals surface area contributed by atoms with E-state index in [1.165, 1.54) is 17.8 Å². The van der Waals surface area contributed by atoms with E-state index in [4.69, 9.17) is 5.11 Å². The fourth-order valence-corrected chi connectivity index (χ4v) is 5.20. The van der Waals surface area contributed by atoms with Crippen LogP contribution in [-0.2, 0) is 16.0 Å². The van der Waals surface area contributed by atoms with Crippen molar-refractivity contribution in [1.82, 2.24) is 46.1 Å². The lowest BCUT2D eigenvalue weighted by Crippen LogP contribution is -2.44. The number of aliphatic hydroxyl groups is 4. The third-order valence-electron chi connectivity index (χ3n) is 7.49. The SMILES string of the molecule is CC(=O)NCCNC(=O)NCCNC(=O)c1nc(N[C@H](CO)Cc2ccccc2)c2ncn([C@@H]3C[C@H](NC(=O)CO)[C@@H](O)[C@H]3O)c2n1. The van der Waals surface area contributed by atoms with Crippen LogP contribution in [0.1, 0.15) is 35.6 Å². The zero-order valence-corrected chi connectivity index (χ0v) is 25.7. The van der Waals surface area contributed by atoms with E-state index in [1.807, 2.05) is 30.3 Å². The highest BCUT2D eigenvalue weighted by Gasteiger charge is 2.44. The summed E-state index contributed by atoms with van der Waals surface area (Å²) < 4.78 is 1.48. The Balaban J connectivity index is 1.54. The first-order valence-corrected chi connectivity index (χ1v) is 15.1. The van der Waals surface area contributed by atoms with Gasteiger partial charge < -0.3 is 56.9 Å². The molecule has 4 rings (SSSR count). The van der Waals surface area contributed by atoms with E-state index in [9.17, 15) is 34.5 Å². The molecule has 5 atom stereocenters. The van der Waals surface area contributed by atoms with E-state index in [1.54, 1.807) is 0 Å². The molecular weight excluding hydrogens is 616 g/mol. The molecular formula is C29H40N10O8. The summed E-state index contributed by atoms with van der Waals surface area (Å²) >= 11 is 0. The van der Waals surface area contributed by atoms with Gasteiger partial charge in [-0.2, -0.15) is 0 Å². The summed E-state index contributed by atoms with van der Waals surface area (Å²) in [5.74, 6) is -1.73. The molecule has 47 heavy (non-hydrogen) atoms. The number of amides is 5. The molecule has 1 saturated carbocycles. The molecule has 1 aliphatic carbocycles. The number of carbonyl (C=O) groups is 4. The minimum atomic E-state index is -1.35. The predicted molar refractivity (Wildman–Crippen MR) is 167 cm³/mol. The van der Waals surface area contributed by atoms with Crippen LogP contribution in [0.25, 0.3) is 11.2 Å². The van der Waals surface area contributed by atoms with Gasteiger partial charge >= 0.3 is 6.03 Å². The molecule has 10 N–H and O–H groups in total. The van der Waals surface area contributed by atoms with Crippen LogP contribution in [0.3, 0.4) is 0 Å². The topological polar surface area (TPSA) is 265 Å². The number of hydrogen-bond donors (Lipinski definition) is 10. The molecule has 18 nitrogen and oxygen atoms in total. The lowest BCUT2D eigenvalue weighted by atomic mass is 10.1. The van der Waals surface area contributed by atoms with Crippen molar-refractivity contribution in [2.24, 2.45) is 0 Å². The number of nitrogens with zero attached hydrogens (tertiary/aromatic N) is 4. The third-order valence-corrected chi connectivity index (χ3v) is 7.49. The molecule has 1 fully saturated rings. The zero-order valence-electron chi connectivity index (χ0n) is 25.7. The van der Waals surface area contributed by atoms with Gasteiger partial charge in [-0.25, -0.2) is 19.7 Å². The van der Waals surface area contributed by atoms with Crippen LogP contribution in [0.2, 0.25) is 0 Å². The largest absolute Gasteiger partial charge is 0.394 e. The van der Waals surface area contributed by atoms with Gasteiger partial charge in [0.1, 0.15) is 24.3 Å². The van der Waals surface area contributed by atoms with Crippen molar-refractivity contribution >= 4 is 40.7 Å². The van der Waals surface area contributed by atoms with Gasteiger partial charge in [0, 0.05) is 33.1 Å². The molecule has 1 aromatic carbocycles. The minimum absolute atomic E-state index is 0.0222. The Morgan fingerprint density at radius 1 is 0.936 bits per heavy atom. The summed E-state index contributed by atoms with van der Waals surface area (Å²) in [6.45, 7) is 0.882. The normalized spacial score (nSPS) is 19.5. The first kappa shape index (κ1) is 35.0. The Bertz CT molecular complexity index is 1540. The van der Waals surface area contributed by atoms with Gasteiger partial charge in [-0.05, 0) is 18.4 Å². The highest BCUT2D eigenvalue weighted by atomic mass is 16.3. The van der Waals surface area contributed by atoms with Crippen LogP contribution >= 0.6 is 0 Å². The number of rotatable bonds is 15. The molecule has 5 amide bonds. The van der Waals surface area contributed by atoms with Crippen LogP contribution < -0.4 is 31.9 Å². The number of urea groups is 1. The van der Waals surface area contributed by atoms with Crippen molar-refractivity contribution in [3.8, 4) is 0 Å². The quantitative estimate of drug-likeness (QED) is 0.0741. The third kappa shape index (κ3) is 9.32. The standard InChI is InChI=1S/C29H40N10O8/c1-16(42)30-7-9-32-29(47)33-10-8-31-28(46)26-37-25(35-18(13-40)11-17-5-3-2-4-6-17)22-27(38-26)39(15-34-22)20-12-19(23(44)24(20)45)36-21(43)14-41/h2-6,15,18-20,23-24,40-41,44-45H,7-14H2,1H3,(H,30,42)(H,31,46)(H,36,43)(H2,32,33,47)(H,35,37,38)/t18-,19-,20+,23+,24-/m0/s1. The zero-order chi connectivity index (χ0) is 33.9. The highest BCUT2D eigenvalue weighted by Crippen LogP contribution is 2.34. The van der Waals surface area contributed by atoms with Gasteiger partial charge in [-0.1, -0.05) is 30.3 Å². The average molecular weight is 657 g/mol. The van der Waals surface area contributed by atoms with E-state index < -0.39 is 54.8 Å². The van der Waals surface area contributed by atoms with Gasteiger partial charge in [0.15, 0.2) is 11.5 Å². The molecule has 2 aromatic heterocycles. The lowest BCUT2D eigenvalue weighted by molar-refractivity contribution is -0.125. The summed E-state index contributed by atoms with van der Waals surface area (Å²) in [5.41, 5.74) is 1.32. The molecule has 0 saturated heterocycles. The Kier molecular flexibility index (Phi) is 12.3. The fraction of sp³-hybridized carbons (Fsp3) is 0.483. The Morgan fingerprint density at radius 3 is 2.28 bits per heavy atom. The summed E-state index contributed by atoms with van der Waals surface area (Å²) in [4.78, 5) is 61.1. The summed E-state index contributed by atoms with van der Waals surface area (Å²) in [6, 6.07) is 6.74. The fourth-order valence-electron chi connectivity index (χ4n) is 5.20. The van der Waals surface area contributed by atoms with E-state index in [0.717, 1.165) is 5.56 Å². The monoisotopic (exact) mass is 656 g/mol. The van der Waals surface area contributed by atoms with Crippen LogP contribution in [0.5, 0.6) is 0 Å². The van der Waals surface area contributed by atoms with Crippen LogP contribution in [-0.4, -0.2) is 127 Å². The molecule has 0 radical (unpaired) electrons. The highest BCUT2D eigenvalue weighted by molar-refractivity contribution is 5.94. The molecule has 0 unspecified atom stereocenters. The number of hydrogen-bond acceptors (Lipinski definition) is 12. The predicted octanol–water partition coefficient (Wildman–Crippen LogP) is -2.85. The lowest BCUT2D eigenvalue weighted by Gasteiger charge is -2.20. The van der Waals surface area contributed by atoms with Crippen LogP contribution in [0, 0.1) is 0 Å². The second kappa shape index (κ2) is 16.6. The second-order valence-electron chi connectivity index (χ2n) is 11.0. The van der Waals surface area contributed by atoms with Gasteiger partial charge in [0.05, 0.1) is 31.1 Å². The van der Waals surface area contributed by atoms with Crippen molar-refractivity contribution in [1.29, 1.82) is 0 Å². The summed E-state index contributed by atoms with van der Waals surface area (Å²) in [5, 5.41) is 56.7. The van der Waals surface area contributed by atoms with Crippen LogP contribution in [0.4, 0.5) is 10.6 Å². The molecule has 2 heterocycles. The Morgan fingerprint density at radius 2 is 1.62 bits per heavy atom. The van der Waals surface area contributed by atoms with Gasteiger partial charge in [0.25, 0.3) is 5.91 Å². The first-order chi connectivity index (χ1) is 22.6. The maximum Gasteiger partial charge on any atom is 0.314 e. The van der Waals surface area contributed by atoms with E-state index in [0.29, 0.717) is 6.42 Å². The smallest absolute Gasteiger partial charge is 0.314 e. The van der Waals surface area contributed by atoms with Crippen molar-refractivity contribution in [3.05, 3.63) is 48.0 Å². The summed E-state index contributed by atoms with van der Waals surface area (Å²) in [7, 11) is 0. The first-order valence-electron chi connectivity index (χ1n) is 15.1. The maximum atomic E-state index is 13.2. The number of imidazole rings is 1. The number of anilines is 1. The van der Waals surface area contributed by atoms with Gasteiger partial charge in [-0.15, -0.1) is 0 Å². The molecule has 3 aromatic rings. The molecule has 0 spiro atoms. The number of aromatic nitrogens is 4. The van der Waals surface area contributed by atoms with Crippen molar-refractivity contribution in [3.63, 3.8) is 0 Å². The van der Waals surface area contributed by atoms with Gasteiger partial charge in [-0.3, -0.25) is 14.4 Å². The van der Waals surface area contributed by atoms with E-state index in [2.05, 4.69) is 46.9 Å². The van der Waals surface area contributed by atoms with Gasteiger partial charge in [0.2, 0.25) is 17.6 Å². The Hall–Kier alpha value is -4.91. The maximum absolute atomic E-state index is 13.2. The number of benzene rings is 1. The second-order valence-corrected chi connectivity index (χ2v) is 11.0. The number of carbonyl (C=O) groups excluding carboxylic acids is 4. The number of aliphatic hydroxyl groups excluding tert-OH is 4. The Labute approximate surface area is 269 Å². The molecule has 0 aliphatic heterocycles. The number of fused-ring (bicyclic) bond motifs is 1. The average Bonchev–Trinajstić information content (AvgIpc) is 3.61. The molecule has 0 bridgehead atoms. The minimum Gasteiger partial charge on any atom is -0.394 e.